The number of thiophene rings is 1. The van der Waals surface area contributed by atoms with Gasteiger partial charge in [-0.3, -0.25) is 4.79 Å². The predicted octanol–water partition coefficient (Wildman–Crippen LogP) is 2.44. The molecule has 1 saturated carbocycles. The Balaban J connectivity index is 1.84. The number of aromatic nitrogens is 3. The van der Waals surface area contributed by atoms with Crippen LogP contribution in [0.3, 0.4) is 0 Å². The van der Waals surface area contributed by atoms with E-state index in [0.717, 1.165) is 25.2 Å². The highest BCUT2D eigenvalue weighted by Gasteiger charge is 2.30. The summed E-state index contributed by atoms with van der Waals surface area (Å²) in [6.07, 6.45) is 2.32. The van der Waals surface area contributed by atoms with Gasteiger partial charge in [-0.05, 0) is 35.2 Å². The van der Waals surface area contributed by atoms with Gasteiger partial charge in [0.1, 0.15) is 5.82 Å². The molecule has 19 heavy (non-hydrogen) atoms. The molecule has 0 radical (unpaired) electrons. The second-order valence-corrected chi connectivity index (χ2v) is 6.24. The van der Waals surface area contributed by atoms with Gasteiger partial charge in [-0.15, -0.1) is 10.2 Å². The largest absolute Gasteiger partial charge is 0.481 e. The highest BCUT2D eigenvalue weighted by atomic mass is 32.2. The zero-order chi connectivity index (χ0) is 13.2. The molecule has 0 bridgehead atoms. The molecule has 0 saturated heterocycles. The van der Waals surface area contributed by atoms with Crippen LogP contribution in [0.1, 0.15) is 30.1 Å². The third kappa shape index (κ3) is 2.98. The van der Waals surface area contributed by atoms with E-state index >= 15 is 0 Å². The van der Waals surface area contributed by atoms with Crippen molar-refractivity contribution in [2.24, 2.45) is 0 Å². The fraction of sp³-hybridized carbons (Fsp3) is 0.417. The first-order chi connectivity index (χ1) is 9.24. The zero-order valence-corrected chi connectivity index (χ0v) is 11.8. The first-order valence-electron chi connectivity index (χ1n) is 6.03. The number of hydrogen-bond donors (Lipinski definition) is 1. The van der Waals surface area contributed by atoms with Crippen molar-refractivity contribution < 1.29 is 9.90 Å². The second kappa shape index (κ2) is 5.34. The highest BCUT2D eigenvalue weighted by molar-refractivity contribution is 7.99. The van der Waals surface area contributed by atoms with Crippen LogP contribution in [0.5, 0.6) is 0 Å². The van der Waals surface area contributed by atoms with Crippen LogP contribution in [0, 0.1) is 0 Å². The van der Waals surface area contributed by atoms with Crippen molar-refractivity contribution in [2.45, 2.75) is 30.5 Å². The molecule has 0 amide bonds. The fourth-order valence-corrected chi connectivity index (χ4v) is 3.22. The molecule has 5 nitrogen and oxygen atoms in total. The quantitative estimate of drug-likeness (QED) is 0.829. The summed E-state index contributed by atoms with van der Waals surface area (Å²) in [5.74, 6) is 0.694. The lowest BCUT2D eigenvalue weighted by Crippen LogP contribution is -2.07. The Morgan fingerprint density at radius 2 is 2.37 bits per heavy atom. The molecule has 100 valence electrons. The van der Waals surface area contributed by atoms with Crippen molar-refractivity contribution in [3.8, 4) is 0 Å². The molecule has 0 spiro atoms. The van der Waals surface area contributed by atoms with E-state index in [-0.39, 0.29) is 5.75 Å². The van der Waals surface area contributed by atoms with Crippen LogP contribution in [-0.2, 0) is 11.3 Å². The Bertz CT molecular complexity index is 576. The summed E-state index contributed by atoms with van der Waals surface area (Å²) in [5.41, 5.74) is 1.21. The van der Waals surface area contributed by atoms with Gasteiger partial charge in [0.2, 0.25) is 0 Å². The summed E-state index contributed by atoms with van der Waals surface area (Å²) >= 11 is 2.90. The van der Waals surface area contributed by atoms with E-state index < -0.39 is 5.97 Å². The Labute approximate surface area is 118 Å². The van der Waals surface area contributed by atoms with Crippen LogP contribution in [0.25, 0.3) is 0 Å². The van der Waals surface area contributed by atoms with E-state index in [9.17, 15) is 4.79 Å². The number of thioether (sulfide) groups is 1. The lowest BCUT2D eigenvalue weighted by Gasteiger charge is -2.07. The molecule has 0 aliphatic heterocycles. The molecule has 1 aliphatic carbocycles. The van der Waals surface area contributed by atoms with Crippen LogP contribution < -0.4 is 0 Å². The van der Waals surface area contributed by atoms with E-state index in [1.165, 1.54) is 17.3 Å². The first kappa shape index (κ1) is 12.7. The maximum Gasteiger partial charge on any atom is 0.313 e. The third-order valence-corrected chi connectivity index (χ3v) is 4.62. The van der Waals surface area contributed by atoms with Crippen molar-refractivity contribution >= 4 is 29.1 Å². The smallest absolute Gasteiger partial charge is 0.313 e. The average Bonchev–Trinajstić information content (AvgIpc) is 2.95. The number of carboxylic acids is 1. The van der Waals surface area contributed by atoms with Crippen LogP contribution in [0.15, 0.2) is 22.0 Å². The standard InChI is InChI=1S/C12H13N3O2S2/c16-10(17)7-19-12-14-13-11(9-1-2-9)15(12)5-8-3-4-18-6-8/h3-4,6,9H,1-2,5,7H2,(H,16,17). The minimum Gasteiger partial charge on any atom is -0.481 e. The number of hydrogen-bond acceptors (Lipinski definition) is 5. The molecule has 1 fully saturated rings. The molecule has 0 unspecified atom stereocenters. The molecule has 3 rings (SSSR count). The van der Waals surface area contributed by atoms with Crippen LogP contribution in [0.4, 0.5) is 0 Å². The van der Waals surface area contributed by atoms with Crippen LogP contribution in [-0.4, -0.2) is 31.6 Å². The number of rotatable bonds is 6. The summed E-state index contributed by atoms with van der Waals surface area (Å²) in [6, 6.07) is 2.08. The summed E-state index contributed by atoms with van der Waals surface area (Å²) in [4.78, 5) is 10.7. The van der Waals surface area contributed by atoms with E-state index in [4.69, 9.17) is 5.11 Å². The normalized spacial score (nSPS) is 14.7. The Kier molecular flexibility index (Phi) is 3.56. The first-order valence-corrected chi connectivity index (χ1v) is 7.95. The summed E-state index contributed by atoms with van der Waals surface area (Å²) in [5, 5.41) is 22.0. The van der Waals surface area contributed by atoms with Gasteiger partial charge in [0, 0.05) is 5.92 Å². The number of aliphatic carboxylic acids is 1. The van der Waals surface area contributed by atoms with Crippen molar-refractivity contribution in [2.75, 3.05) is 5.75 Å². The van der Waals surface area contributed by atoms with Gasteiger partial charge in [-0.1, -0.05) is 11.8 Å². The van der Waals surface area contributed by atoms with E-state index in [0.29, 0.717) is 11.1 Å². The SMILES string of the molecule is O=C(O)CSc1nnc(C2CC2)n1Cc1ccsc1. The van der Waals surface area contributed by atoms with E-state index in [1.54, 1.807) is 11.3 Å². The van der Waals surface area contributed by atoms with Gasteiger partial charge in [-0.2, -0.15) is 11.3 Å². The number of carboxylic acid groups (broad SMARTS) is 1. The van der Waals surface area contributed by atoms with Gasteiger partial charge < -0.3 is 9.67 Å². The van der Waals surface area contributed by atoms with Crippen molar-refractivity contribution in [1.29, 1.82) is 0 Å². The van der Waals surface area contributed by atoms with Gasteiger partial charge in [0.25, 0.3) is 0 Å². The topological polar surface area (TPSA) is 68.0 Å². The molecule has 1 aliphatic rings. The molecular formula is C12H13N3O2S2. The Morgan fingerprint density at radius 3 is 3.00 bits per heavy atom. The average molecular weight is 295 g/mol. The molecule has 2 aromatic heterocycles. The maximum absolute atomic E-state index is 10.7. The summed E-state index contributed by atoms with van der Waals surface area (Å²) in [7, 11) is 0. The molecular weight excluding hydrogens is 282 g/mol. The maximum atomic E-state index is 10.7. The van der Waals surface area contributed by atoms with Gasteiger partial charge in [0.15, 0.2) is 5.16 Å². The minimum absolute atomic E-state index is 0.0203. The van der Waals surface area contributed by atoms with Crippen molar-refractivity contribution in [1.82, 2.24) is 14.8 Å². The Hall–Kier alpha value is -1.34. The molecule has 0 aromatic carbocycles. The van der Waals surface area contributed by atoms with E-state index in [1.807, 2.05) is 5.38 Å². The lowest BCUT2D eigenvalue weighted by molar-refractivity contribution is -0.133. The summed E-state index contributed by atoms with van der Waals surface area (Å²) in [6.45, 7) is 0.726. The second-order valence-electron chi connectivity index (χ2n) is 4.52. The number of nitrogens with zero attached hydrogens (tertiary/aromatic N) is 3. The third-order valence-electron chi connectivity index (χ3n) is 2.93. The van der Waals surface area contributed by atoms with Crippen molar-refractivity contribution in [3.63, 3.8) is 0 Å². The van der Waals surface area contributed by atoms with Crippen molar-refractivity contribution in [3.05, 3.63) is 28.2 Å². The minimum atomic E-state index is -0.831. The summed E-state index contributed by atoms with van der Waals surface area (Å²) < 4.78 is 2.06. The van der Waals surface area contributed by atoms with Gasteiger partial charge >= 0.3 is 5.97 Å². The molecule has 2 aromatic rings. The Morgan fingerprint density at radius 1 is 1.53 bits per heavy atom. The fourth-order valence-electron chi connectivity index (χ4n) is 1.89. The van der Waals surface area contributed by atoms with Gasteiger partial charge in [0.05, 0.1) is 12.3 Å². The molecule has 1 N–H and O–H groups in total. The van der Waals surface area contributed by atoms with Gasteiger partial charge in [-0.25, -0.2) is 0 Å². The highest BCUT2D eigenvalue weighted by Crippen LogP contribution is 2.40. The lowest BCUT2D eigenvalue weighted by atomic mass is 10.3. The number of carbonyl (C=O) groups is 1. The van der Waals surface area contributed by atoms with E-state index in [2.05, 4.69) is 26.2 Å². The monoisotopic (exact) mass is 295 g/mol. The molecule has 2 heterocycles. The molecule has 7 heteroatoms. The zero-order valence-electron chi connectivity index (χ0n) is 10.2. The van der Waals surface area contributed by atoms with Crippen LogP contribution in [0.2, 0.25) is 0 Å². The van der Waals surface area contributed by atoms with Crippen LogP contribution >= 0.6 is 23.1 Å². The molecule has 0 atom stereocenters. The predicted molar refractivity (Wildman–Crippen MR) is 73.8 cm³/mol.